The first kappa shape index (κ1) is 4.38. The first-order chi connectivity index (χ1) is 2.41. The fourth-order valence-electron chi connectivity index (χ4n) is 0.0215. The van der Waals surface area contributed by atoms with Crippen molar-refractivity contribution in [1.29, 1.82) is 0 Å². The molecule has 0 atom stereocenters. The van der Waals surface area contributed by atoms with Crippen molar-refractivity contribution in [1.82, 2.24) is 0 Å². The molecule has 0 aliphatic carbocycles. The normalized spacial score (nSPS) is 4.60. The largest absolute Gasteiger partial charge is 0.244 e. The second kappa shape index (κ2) is 3.38. The van der Waals surface area contributed by atoms with Crippen LogP contribution >= 0.6 is 0 Å². The van der Waals surface area contributed by atoms with Gasteiger partial charge in [0.05, 0.1) is 17.8 Å². The summed E-state index contributed by atoms with van der Waals surface area (Å²) in [4.78, 5) is 2.63. The number of hydrogen-bond donors (Lipinski definition) is 0. The van der Waals surface area contributed by atoms with Crippen molar-refractivity contribution in [3.63, 3.8) is 0 Å². The molecule has 0 saturated heterocycles. The molecule has 0 heterocycles. The molecule has 0 radical (unpaired) electrons. The lowest BCUT2D eigenvalue weighted by Gasteiger charge is -1.36. The molecular formula is C2HNOS. The molecule has 0 aromatic carbocycles. The Kier molecular flexibility index (Phi) is 2.96. The van der Waals surface area contributed by atoms with Crippen molar-refractivity contribution in [3.05, 3.63) is 11.4 Å². The highest BCUT2D eigenvalue weighted by atomic mass is 32.1. The quantitative estimate of drug-likeness (QED) is 0.298. The fourth-order valence-corrected chi connectivity index (χ4v) is 0.0645. The van der Waals surface area contributed by atoms with E-state index < -0.39 is 0 Å². The highest BCUT2D eigenvalue weighted by Crippen LogP contribution is 1.38. The van der Waals surface area contributed by atoms with Gasteiger partial charge in [-0.15, -0.1) is 0 Å². The summed E-state index contributed by atoms with van der Waals surface area (Å²) in [5.74, 6) is 0. The molecule has 0 aromatic rings. The maximum absolute atomic E-state index is 9.18. The minimum atomic E-state index is 0.172. The van der Waals surface area contributed by atoms with Crippen LogP contribution in [0.2, 0.25) is 0 Å². The van der Waals surface area contributed by atoms with Crippen LogP contribution in [-0.4, -0.2) is 9.70 Å². The van der Waals surface area contributed by atoms with E-state index in [2.05, 4.69) is 4.85 Å². The van der Waals surface area contributed by atoms with E-state index in [0.29, 0.717) is 0 Å². The van der Waals surface area contributed by atoms with Gasteiger partial charge >= 0.3 is 0 Å². The van der Waals surface area contributed by atoms with Crippen LogP contribution in [0.5, 0.6) is 0 Å². The molecule has 0 unspecified atom stereocenters. The summed E-state index contributed by atoms with van der Waals surface area (Å²) in [5, 5.41) is 0. The summed E-state index contributed by atoms with van der Waals surface area (Å²) in [6.07, 6.45) is 0. The van der Waals surface area contributed by atoms with E-state index in [1.54, 1.807) is 0 Å². The lowest BCUT2D eigenvalue weighted by atomic mass is 11.5. The third-order valence-electron chi connectivity index (χ3n) is 0.0957. The maximum Gasteiger partial charge on any atom is 0.244 e. The predicted octanol–water partition coefficient (Wildman–Crippen LogP) is -0.122. The Hall–Kier alpha value is -0.620. The topological polar surface area (TPSA) is 21.4 Å². The lowest BCUT2D eigenvalue weighted by Crippen LogP contribution is -1.44. The van der Waals surface area contributed by atoms with Gasteiger partial charge in [0.25, 0.3) is 0 Å². The minimum Gasteiger partial charge on any atom is -0.231 e. The summed E-state index contributed by atoms with van der Waals surface area (Å²) in [6.45, 7) is 5.95. The molecule has 5 heavy (non-hydrogen) atoms. The molecule has 0 bridgehead atoms. The molecule has 0 aromatic heterocycles. The predicted molar refractivity (Wildman–Crippen MR) is 20.8 cm³/mol. The molecule has 0 aliphatic heterocycles. The molecule has 0 fully saturated rings. The summed E-state index contributed by atoms with van der Waals surface area (Å²) < 4.78 is 9.18. The van der Waals surface area contributed by atoms with Crippen LogP contribution in [0.25, 0.3) is 4.85 Å². The Balaban J connectivity index is 3.46. The van der Waals surface area contributed by atoms with Gasteiger partial charge in [-0.2, -0.15) is 0 Å². The number of nitrogens with zero attached hydrogens (tertiary/aromatic N) is 1. The average Bonchev–Trinajstić information content (AvgIpc) is 1.41. The van der Waals surface area contributed by atoms with Crippen LogP contribution in [0.3, 0.4) is 0 Å². The molecule has 0 rings (SSSR count). The fraction of sp³-hybridized carbons (Fsp3) is 0. The zero-order valence-electron chi connectivity index (χ0n) is 2.34. The van der Waals surface area contributed by atoms with Crippen LogP contribution < -0.4 is 0 Å². The molecule has 0 saturated carbocycles. The molecule has 0 N–H and O–H groups in total. The Morgan fingerprint density at radius 3 is 2.60 bits per heavy atom. The SMILES string of the molecule is [C-]#[N+]C=S=O. The molecule has 3 heteroatoms. The lowest BCUT2D eigenvalue weighted by molar-refractivity contribution is 0.701. The first-order valence-corrected chi connectivity index (χ1v) is 1.69. The number of rotatable bonds is 0. The molecular weight excluding hydrogens is 86.1 g/mol. The van der Waals surface area contributed by atoms with E-state index in [9.17, 15) is 4.21 Å². The van der Waals surface area contributed by atoms with Crippen LogP contribution in [0.1, 0.15) is 0 Å². The maximum atomic E-state index is 9.18. The highest BCUT2D eigenvalue weighted by Gasteiger charge is 1.43. The minimum absolute atomic E-state index is 0.172. The van der Waals surface area contributed by atoms with Gasteiger partial charge in [0.1, 0.15) is 0 Å². The van der Waals surface area contributed by atoms with Gasteiger partial charge in [-0.05, 0) is 0 Å². The average molecular weight is 87.1 g/mol. The Morgan fingerprint density at radius 2 is 2.60 bits per heavy atom. The van der Waals surface area contributed by atoms with E-state index in [1.165, 1.54) is 0 Å². The summed E-state index contributed by atoms with van der Waals surface area (Å²) in [7, 11) is 0. The van der Waals surface area contributed by atoms with E-state index in [-0.39, 0.29) is 11.3 Å². The molecule has 0 aliphatic rings. The Bertz CT molecular complexity index is 96.7. The van der Waals surface area contributed by atoms with Crippen molar-refractivity contribution < 1.29 is 4.21 Å². The van der Waals surface area contributed by atoms with Crippen LogP contribution in [0.4, 0.5) is 0 Å². The van der Waals surface area contributed by atoms with Gasteiger partial charge in [0.15, 0.2) is 0 Å². The molecule has 2 nitrogen and oxygen atoms in total. The van der Waals surface area contributed by atoms with Gasteiger partial charge < -0.3 is 0 Å². The van der Waals surface area contributed by atoms with Crippen molar-refractivity contribution in [3.8, 4) is 0 Å². The third kappa shape index (κ3) is 3.38. The van der Waals surface area contributed by atoms with E-state index >= 15 is 0 Å². The molecule has 26 valence electrons. The number of hydrogen-bond acceptors (Lipinski definition) is 1. The van der Waals surface area contributed by atoms with Gasteiger partial charge in [-0.3, -0.25) is 0 Å². The van der Waals surface area contributed by atoms with Crippen molar-refractivity contribution in [2.45, 2.75) is 0 Å². The standard InChI is InChI=1S/C2HNOS/c1-3-2-5-4/h2H. The first-order valence-electron chi connectivity index (χ1n) is 0.884. The van der Waals surface area contributed by atoms with Crippen LogP contribution in [0.15, 0.2) is 0 Å². The summed E-state index contributed by atoms with van der Waals surface area (Å²) >= 11 is 0.172. The van der Waals surface area contributed by atoms with E-state index in [1.807, 2.05) is 0 Å². The summed E-state index contributed by atoms with van der Waals surface area (Å²) in [6, 6.07) is 0. The second-order valence-electron chi connectivity index (χ2n) is 0.331. The van der Waals surface area contributed by atoms with Crippen molar-refractivity contribution in [2.75, 3.05) is 0 Å². The zero-order chi connectivity index (χ0) is 4.12. The Morgan fingerprint density at radius 1 is 2.00 bits per heavy atom. The van der Waals surface area contributed by atoms with Crippen molar-refractivity contribution in [2.24, 2.45) is 0 Å². The van der Waals surface area contributed by atoms with Gasteiger partial charge in [-0.1, -0.05) is 0 Å². The molecule has 0 amide bonds. The van der Waals surface area contributed by atoms with Crippen LogP contribution in [-0.2, 0) is 11.3 Å². The smallest absolute Gasteiger partial charge is 0.231 e. The molecule has 0 spiro atoms. The zero-order valence-corrected chi connectivity index (χ0v) is 3.16. The Labute approximate surface area is 33.3 Å². The van der Waals surface area contributed by atoms with Crippen molar-refractivity contribution >= 4 is 16.7 Å². The second-order valence-corrected chi connectivity index (χ2v) is 0.734. The highest BCUT2D eigenvalue weighted by molar-refractivity contribution is 7.65. The van der Waals surface area contributed by atoms with E-state index in [0.717, 1.165) is 5.49 Å². The van der Waals surface area contributed by atoms with E-state index in [4.69, 9.17) is 6.57 Å². The van der Waals surface area contributed by atoms with Gasteiger partial charge in [0, 0.05) is 0 Å². The van der Waals surface area contributed by atoms with Gasteiger partial charge in [-0.25, -0.2) is 9.05 Å². The van der Waals surface area contributed by atoms with Crippen LogP contribution in [0, 0.1) is 6.57 Å². The van der Waals surface area contributed by atoms with Gasteiger partial charge in [0.2, 0.25) is 5.49 Å². The summed E-state index contributed by atoms with van der Waals surface area (Å²) in [5.41, 5.74) is 0.903. The third-order valence-corrected chi connectivity index (χ3v) is 0.287. The monoisotopic (exact) mass is 87.0 g/mol.